The number of anilines is 1. The van der Waals surface area contributed by atoms with Crippen molar-refractivity contribution in [1.82, 2.24) is 5.32 Å². The number of allylic oxidation sites excluding steroid dienone is 1. The van der Waals surface area contributed by atoms with E-state index in [-0.39, 0.29) is 23.8 Å². The van der Waals surface area contributed by atoms with Gasteiger partial charge in [0.1, 0.15) is 5.82 Å². The van der Waals surface area contributed by atoms with Gasteiger partial charge in [-0.3, -0.25) is 4.79 Å². The molecule has 1 amide bonds. The fraction of sp³-hybridized carbons (Fsp3) is 0.375. The Morgan fingerprint density at radius 3 is 2.21 bits per heavy atom. The normalized spacial score (nSPS) is 11.9. The number of nitrogens with one attached hydrogen (secondary N) is 2. The van der Waals surface area contributed by atoms with Gasteiger partial charge < -0.3 is 10.6 Å². The molecule has 0 spiro atoms. The number of carbonyl (C=O) groups is 1. The molecule has 0 aliphatic rings. The molecule has 0 heterocycles. The minimum atomic E-state index is -0.246. The van der Waals surface area contributed by atoms with Crippen molar-refractivity contribution in [2.75, 3.05) is 5.32 Å². The van der Waals surface area contributed by atoms with Gasteiger partial charge in [0.25, 0.3) is 0 Å². The van der Waals surface area contributed by atoms with E-state index in [9.17, 15) is 9.18 Å². The first-order valence-corrected chi connectivity index (χ1v) is 9.75. The van der Waals surface area contributed by atoms with E-state index in [4.69, 9.17) is 0 Å². The maximum absolute atomic E-state index is 14.7. The van der Waals surface area contributed by atoms with Crippen LogP contribution in [-0.4, -0.2) is 18.0 Å². The maximum atomic E-state index is 14.7. The molecule has 28 heavy (non-hydrogen) atoms. The summed E-state index contributed by atoms with van der Waals surface area (Å²) in [6.45, 7) is 13.8. The highest BCUT2D eigenvalue weighted by Gasteiger charge is 2.13. The molecule has 2 aromatic carbocycles. The summed E-state index contributed by atoms with van der Waals surface area (Å²) in [5.74, 6) is -0.350. The Morgan fingerprint density at radius 1 is 0.964 bits per heavy atom. The summed E-state index contributed by atoms with van der Waals surface area (Å²) in [6, 6.07) is 9.63. The summed E-state index contributed by atoms with van der Waals surface area (Å²) < 4.78 is 14.7. The van der Waals surface area contributed by atoms with Crippen molar-refractivity contribution in [2.24, 2.45) is 0 Å². The van der Waals surface area contributed by atoms with Crippen molar-refractivity contribution in [2.45, 2.75) is 60.5 Å². The van der Waals surface area contributed by atoms with Crippen LogP contribution in [0.3, 0.4) is 0 Å². The Balaban J connectivity index is 2.39. The fourth-order valence-electron chi connectivity index (χ4n) is 3.29. The number of hydrogen-bond acceptors (Lipinski definition) is 2. The van der Waals surface area contributed by atoms with Crippen LogP contribution in [0.5, 0.6) is 0 Å². The molecule has 2 aromatic rings. The summed E-state index contributed by atoms with van der Waals surface area (Å²) in [6.07, 6.45) is 1.62. The molecule has 0 aliphatic heterocycles. The number of benzene rings is 2. The maximum Gasteiger partial charge on any atom is 0.244 e. The average molecular weight is 383 g/mol. The molecule has 150 valence electrons. The second-order valence-corrected chi connectivity index (χ2v) is 7.97. The molecule has 0 aliphatic carbocycles. The largest absolute Gasteiger partial charge is 0.383 e. The Morgan fingerprint density at radius 2 is 1.64 bits per heavy atom. The lowest BCUT2D eigenvalue weighted by Crippen LogP contribution is -2.28. The predicted molar refractivity (Wildman–Crippen MR) is 117 cm³/mol. The highest BCUT2D eigenvalue weighted by atomic mass is 19.1. The Labute approximate surface area is 168 Å². The van der Waals surface area contributed by atoms with Gasteiger partial charge in [-0.2, -0.15) is 0 Å². The zero-order valence-corrected chi connectivity index (χ0v) is 17.9. The Bertz CT molecular complexity index is 898. The highest BCUT2D eigenvalue weighted by molar-refractivity contribution is 5.95. The third kappa shape index (κ3) is 5.44. The third-order valence-electron chi connectivity index (χ3n) is 4.49. The summed E-state index contributed by atoms with van der Waals surface area (Å²) in [5.41, 5.74) is 6.10. The van der Waals surface area contributed by atoms with E-state index in [2.05, 4.69) is 10.6 Å². The van der Waals surface area contributed by atoms with Gasteiger partial charge in [-0.15, -0.1) is 0 Å². The van der Waals surface area contributed by atoms with E-state index in [1.165, 1.54) is 0 Å². The summed E-state index contributed by atoms with van der Waals surface area (Å²) >= 11 is 0. The molecular formula is C24H31FN2O. The second-order valence-electron chi connectivity index (χ2n) is 7.97. The number of hydrogen-bond donors (Lipinski definition) is 2. The smallest absolute Gasteiger partial charge is 0.244 e. The lowest BCUT2D eigenvalue weighted by atomic mass is 9.91. The van der Waals surface area contributed by atoms with E-state index in [1.54, 1.807) is 12.1 Å². The average Bonchev–Trinajstić information content (AvgIpc) is 2.55. The van der Waals surface area contributed by atoms with E-state index < -0.39 is 0 Å². The Hall–Kier alpha value is -2.62. The SMILES string of the molecule is CC(=CC(=O)NC(C)C)c1cc(C)c(-c2ccc(NC(C)C)cc2F)cc1C. The molecular weight excluding hydrogens is 351 g/mol. The molecule has 0 bridgehead atoms. The van der Waals surface area contributed by atoms with Crippen LogP contribution >= 0.6 is 0 Å². The van der Waals surface area contributed by atoms with E-state index in [0.717, 1.165) is 33.5 Å². The van der Waals surface area contributed by atoms with Gasteiger partial charge in [0.2, 0.25) is 5.91 Å². The monoisotopic (exact) mass is 382 g/mol. The van der Waals surface area contributed by atoms with Crippen LogP contribution in [0.4, 0.5) is 10.1 Å². The number of carbonyl (C=O) groups excluding carboxylic acids is 1. The molecule has 4 heteroatoms. The van der Waals surface area contributed by atoms with Crippen LogP contribution in [-0.2, 0) is 4.79 Å². The molecule has 0 unspecified atom stereocenters. The molecule has 2 N–H and O–H groups in total. The highest BCUT2D eigenvalue weighted by Crippen LogP contribution is 2.32. The minimum absolute atomic E-state index is 0.0953. The van der Waals surface area contributed by atoms with Crippen molar-refractivity contribution in [1.29, 1.82) is 0 Å². The minimum Gasteiger partial charge on any atom is -0.383 e. The fourth-order valence-corrected chi connectivity index (χ4v) is 3.29. The van der Waals surface area contributed by atoms with Crippen molar-refractivity contribution < 1.29 is 9.18 Å². The molecule has 0 atom stereocenters. The lowest BCUT2D eigenvalue weighted by Gasteiger charge is -2.15. The number of amides is 1. The number of rotatable bonds is 6. The van der Waals surface area contributed by atoms with E-state index in [1.807, 2.05) is 72.7 Å². The van der Waals surface area contributed by atoms with Crippen molar-refractivity contribution in [3.63, 3.8) is 0 Å². The molecule has 0 radical (unpaired) electrons. The molecule has 2 rings (SSSR count). The number of halogens is 1. The summed E-state index contributed by atoms with van der Waals surface area (Å²) in [5, 5.41) is 6.09. The lowest BCUT2D eigenvalue weighted by molar-refractivity contribution is -0.116. The summed E-state index contributed by atoms with van der Waals surface area (Å²) in [7, 11) is 0. The van der Waals surface area contributed by atoms with Crippen LogP contribution in [0.25, 0.3) is 16.7 Å². The van der Waals surface area contributed by atoms with Gasteiger partial charge in [0, 0.05) is 29.4 Å². The van der Waals surface area contributed by atoms with Crippen LogP contribution in [0.15, 0.2) is 36.4 Å². The predicted octanol–water partition coefficient (Wildman–Crippen LogP) is 5.86. The van der Waals surface area contributed by atoms with Crippen molar-refractivity contribution >= 4 is 17.2 Å². The second kappa shape index (κ2) is 9.05. The zero-order valence-electron chi connectivity index (χ0n) is 17.9. The van der Waals surface area contributed by atoms with E-state index in [0.29, 0.717) is 5.56 Å². The zero-order chi connectivity index (χ0) is 21.0. The topological polar surface area (TPSA) is 41.1 Å². The quantitative estimate of drug-likeness (QED) is 0.615. The molecule has 0 aromatic heterocycles. The van der Waals surface area contributed by atoms with Gasteiger partial charge in [-0.1, -0.05) is 12.1 Å². The van der Waals surface area contributed by atoms with Gasteiger partial charge in [0.15, 0.2) is 0 Å². The summed E-state index contributed by atoms with van der Waals surface area (Å²) in [4.78, 5) is 12.0. The molecule has 0 saturated carbocycles. The Kier molecular flexibility index (Phi) is 7.00. The van der Waals surface area contributed by atoms with E-state index >= 15 is 0 Å². The van der Waals surface area contributed by atoms with Gasteiger partial charge >= 0.3 is 0 Å². The molecule has 0 saturated heterocycles. The number of aryl methyl sites for hydroxylation is 2. The third-order valence-corrected chi connectivity index (χ3v) is 4.49. The van der Waals surface area contributed by atoms with Crippen molar-refractivity contribution in [3.8, 4) is 11.1 Å². The first-order chi connectivity index (χ1) is 13.1. The molecule has 3 nitrogen and oxygen atoms in total. The first-order valence-electron chi connectivity index (χ1n) is 9.75. The van der Waals surface area contributed by atoms with Crippen molar-refractivity contribution in [3.05, 3.63) is 58.9 Å². The molecule has 0 fully saturated rings. The standard InChI is InChI=1S/C24H31FN2O/c1-14(2)26-19-8-9-20(23(25)13-19)22-11-16(5)21(10-17(22)6)18(7)12-24(28)27-15(3)4/h8-15,26H,1-7H3,(H,27,28). The van der Waals surface area contributed by atoms with Crippen LogP contribution in [0.1, 0.15) is 51.3 Å². The van der Waals surface area contributed by atoms with Crippen LogP contribution < -0.4 is 10.6 Å². The van der Waals surface area contributed by atoms with Crippen LogP contribution in [0.2, 0.25) is 0 Å². The van der Waals surface area contributed by atoms with Gasteiger partial charge in [-0.05, 0) is 94.5 Å². The van der Waals surface area contributed by atoms with Crippen LogP contribution in [0, 0.1) is 19.7 Å². The van der Waals surface area contributed by atoms with Gasteiger partial charge in [0.05, 0.1) is 0 Å². The first kappa shape index (κ1) is 21.7. The van der Waals surface area contributed by atoms with Gasteiger partial charge in [-0.25, -0.2) is 4.39 Å².